The van der Waals surface area contributed by atoms with Crippen LogP contribution >= 0.6 is 0 Å². The van der Waals surface area contributed by atoms with Crippen molar-refractivity contribution < 1.29 is 14.6 Å². The Hall–Kier alpha value is -2.55. The summed E-state index contributed by atoms with van der Waals surface area (Å²) < 4.78 is 5.12. The predicted octanol–water partition coefficient (Wildman–Crippen LogP) is 3.19. The topological polar surface area (TPSA) is 46.5 Å². The molecule has 102 valence electrons. The highest BCUT2D eigenvalue weighted by Crippen LogP contribution is 2.10. The second-order valence-corrected chi connectivity index (χ2v) is 4.33. The lowest BCUT2D eigenvalue weighted by Gasteiger charge is -2.02. The molecule has 20 heavy (non-hydrogen) atoms. The van der Waals surface area contributed by atoms with E-state index in [9.17, 15) is 4.79 Å². The molecule has 0 spiro atoms. The summed E-state index contributed by atoms with van der Waals surface area (Å²) in [6, 6.07) is 16.5. The van der Waals surface area contributed by atoms with Crippen LogP contribution in [0.25, 0.3) is 6.08 Å². The molecular weight excluding hydrogens is 252 g/mol. The molecule has 0 unspecified atom stereocenters. The standard InChI is InChI=1S/C17H16O3/c18-16-9-6-15(7-10-16)8-11-17(19)20-13-12-14-4-2-1-3-5-14/h1-11,18H,12-13H2. The highest BCUT2D eigenvalue weighted by Gasteiger charge is 1.98. The molecule has 2 aromatic carbocycles. The molecule has 0 fully saturated rings. The van der Waals surface area contributed by atoms with Crippen molar-refractivity contribution in [3.05, 3.63) is 71.8 Å². The second-order valence-electron chi connectivity index (χ2n) is 4.33. The minimum absolute atomic E-state index is 0.201. The van der Waals surface area contributed by atoms with Gasteiger partial charge in [0.15, 0.2) is 0 Å². The summed E-state index contributed by atoms with van der Waals surface area (Å²) in [5, 5.41) is 9.14. The highest BCUT2D eigenvalue weighted by atomic mass is 16.5. The number of rotatable bonds is 5. The Morgan fingerprint density at radius 1 is 1.05 bits per heavy atom. The maximum absolute atomic E-state index is 11.5. The van der Waals surface area contributed by atoms with E-state index in [2.05, 4.69) is 0 Å². The lowest BCUT2D eigenvalue weighted by molar-refractivity contribution is -0.137. The monoisotopic (exact) mass is 268 g/mol. The van der Waals surface area contributed by atoms with Crippen molar-refractivity contribution in [2.75, 3.05) is 6.61 Å². The van der Waals surface area contributed by atoms with Gasteiger partial charge in [0.2, 0.25) is 0 Å². The molecule has 0 saturated heterocycles. The fourth-order valence-corrected chi connectivity index (χ4v) is 1.71. The largest absolute Gasteiger partial charge is 0.508 e. The summed E-state index contributed by atoms with van der Waals surface area (Å²) in [5.41, 5.74) is 1.98. The third-order valence-electron chi connectivity index (χ3n) is 2.78. The van der Waals surface area contributed by atoms with Gasteiger partial charge >= 0.3 is 5.97 Å². The van der Waals surface area contributed by atoms with Gasteiger partial charge in [0.05, 0.1) is 6.61 Å². The van der Waals surface area contributed by atoms with Crippen molar-refractivity contribution in [1.29, 1.82) is 0 Å². The summed E-state index contributed by atoms with van der Waals surface area (Å²) in [4.78, 5) is 11.5. The maximum Gasteiger partial charge on any atom is 0.330 e. The molecule has 0 amide bonds. The molecule has 1 N–H and O–H groups in total. The maximum atomic E-state index is 11.5. The Labute approximate surface area is 118 Å². The molecule has 0 aromatic heterocycles. The lowest BCUT2D eigenvalue weighted by Crippen LogP contribution is -2.04. The second kappa shape index (κ2) is 7.14. The van der Waals surface area contributed by atoms with Crippen molar-refractivity contribution in [3.63, 3.8) is 0 Å². The van der Waals surface area contributed by atoms with Gasteiger partial charge in [0, 0.05) is 12.5 Å². The summed E-state index contributed by atoms with van der Waals surface area (Å²) in [7, 11) is 0. The number of carbonyl (C=O) groups excluding carboxylic acids is 1. The smallest absolute Gasteiger partial charge is 0.330 e. The van der Waals surface area contributed by atoms with E-state index in [4.69, 9.17) is 9.84 Å². The van der Waals surface area contributed by atoms with Gasteiger partial charge in [-0.15, -0.1) is 0 Å². The summed E-state index contributed by atoms with van der Waals surface area (Å²) in [6.07, 6.45) is 3.75. The normalized spacial score (nSPS) is 10.6. The zero-order valence-corrected chi connectivity index (χ0v) is 11.0. The van der Waals surface area contributed by atoms with Crippen LogP contribution in [-0.4, -0.2) is 17.7 Å². The third-order valence-corrected chi connectivity index (χ3v) is 2.78. The molecule has 0 bridgehead atoms. The molecule has 0 aliphatic rings. The first-order chi connectivity index (χ1) is 9.74. The number of esters is 1. The minimum Gasteiger partial charge on any atom is -0.508 e. The van der Waals surface area contributed by atoms with Gasteiger partial charge in [-0.1, -0.05) is 42.5 Å². The summed E-state index contributed by atoms with van der Waals surface area (Å²) in [6.45, 7) is 0.364. The van der Waals surface area contributed by atoms with Crippen LogP contribution in [0.3, 0.4) is 0 Å². The quantitative estimate of drug-likeness (QED) is 0.669. The van der Waals surface area contributed by atoms with Gasteiger partial charge in [-0.3, -0.25) is 0 Å². The average Bonchev–Trinajstić information content (AvgIpc) is 2.48. The first-order valence-electron chi connectivity index (χ1n) is 6.42. The number of phenolic OH excluding ortho intramolecular Hbond substituents is 1. The lowest BCUT2D eigenvalue weighted by atomic mass is 10.2. The average molecular weight is 268 g/mol. The van der Waals surface area contributed by atoms with Gasteiger partial charge in [0.25, 0.3) is 0 Å². The first-order valence-corrected chi connectivity index (χ1v) is 6.42. The van der Waals surface area contributed by atoms with Crippen LogP contribution in [0.15, 0.2) is 60.7 Å². The number of ether oxygens (including phenoxy) is 1. The van der Waals surface area contributed by atoms with Crippen LogP contribution in [0.1, 0.15) is 11.1 Å². The van der Waals surface area contributed by atoms with Crippen molar-refractivity contribution in [1.82, 2.24) is 0 Å². The number of phenols is 1. The third kappa shape index (κ3) is 4.61. The van der Waals surface area contributed by atoms with E-state index in [1.54, 1.807) is 30.3 Å². The SMILES string of the molecule is O=C(C=Cc1ccc(O)cc1)OCCc1ccccc1. The molecule has 0 saturated carbocycles. The van der Waals surface area contributed by atoms with Crippen LogP contribution in [0.2, 0.25) is 0 Å². The molecular formula is C17H16O3. The van der Waals surface area contributed by atoms with Crippen LogP contribution in [0.5, 0.6) is 5.75 Å². The van der Waals surface area contributed by atoms with E-state index in [1.807, 2.05) is 30.3 Å². The van der Waals surface area contributed by atoms with E-state index in [-0.39, 0.29) is 11.7 Å². The Morgan fingerprint density at radius 3 is 2.45 bits per heavy atom. The molecule has 0 aliphatic carbocycles. The Balaban J connectivity index is 1.76. The fourth-order valence-electron chi connectivity index (χ4n) is 1.71. The first kappa shape index (κ1) is 13.9. The molecule has 2 rings (SSSR count). The number of hydrogen-bond acceptors (Lipinski definition) is 3. The molecule has 0 radical (unpaired) electrons. The zero-order valence-electron chi connectivity index (χ0n) is 11.0. The number of hydrogen-bond donors (Lipinski definition) is 1. The number of benzene rings is 2. The Bertz CT molecular complexity index is 571. The molecule has 0 atom stereocenters. The van der Waals surface area contributed by atoms with E-state index >= 15 is 0 Å². The van der Waals surface area contributed by atoms with Gasteiger partial charge in [0.1, 0.15) is 5.75 Å². The van der Waals surface area contributed by atoms with Gasteiger partial charge in [-0.25, -0.2) is 4.79 Å². The van der Waals surface area contributed by atoms with Gasteiger partial charge in [-0.2, -0.15) is 0 Å². The molecule has 0 aliphatic heterocycles. The predicted molar refractivity (Wildman–Crippen MR) is 78.2 cm³/mol. The van der Waals surface area contributed by atoms with Crippen LogP contribution in [0, 0.1) is 0 Å². The zero-order chi connectivity index (χ0) is 14.2. The molecule has 3 nitrogen and oxygen atoms in total. The minimum atomic E-state index is -0.367. The molecule has 0 heterocycles. The van der Waals surface area contributed by atoms with E-state index < -0.39 is 0 Å². The number of carbonyl (C=O) groups is 1. The van der Waals surface area contributed by atoms with Crippen molar-refractivity contribution in [3.8, 4) is 5.75 Å². The van der Waals surface area contributed by atoms with Crippen molar-refractivity contribution >= 4 is 12.0 Å². The molecule has 2 aromatic rings. The number of aromatic hydroxyl groups is 1. The highest BCUT2D eigenvalue weighted by molar-refractivity contribution is 5.87. The fraction of sp³-hybridized carbons (Fsp3) is 0.118. The van der Waals surface area contributed by atoms with Crippen molar-refractivity contribution in [2.45, 2.75) is 6.42 Å². The van der Waals surface area contributed by atoms with E-state index in [0.29, 0.717) is 13.0 Å². The van der Waals surface area contributed by atoms with Crippen LogP contribution < -0.4 is 0 Å². The van der Waals surface area contributed by atoms with E-state index in [0.717, 1.165) is 11.1 Å². The Kier molecular flexibility index (Phi) is 4.95. The van der Waals surface area contributed by atoms with Crippen LogP contribution in [0.4, 0.5) is 0 Å². The van der Waals surface area contributed by atoms with Gasteiger partial charge < -0.3 is 9.84 Å². The van der Waals surface area contributed by atoms with Crippen LogP contribution in [-0.2, 0) is 16.0 Å². The summed E-state index contributed by atoms with van der Waals surface area (Å²) >= 11 is 0. The molecule has 3 heteroatoms. The summed E-state index contributed by atoms with van der Waals surface area (Å²) in [5.74, 6) is -0.165. The Morgan fingerprint density at radius 2 is 1.75 bits per heavy atom. The van der Waals surface area contributed by atoms with E-state index in [1.165, 1.54) is 6.08 Å². The van der Waals surface area contributed by atoms with Crippen molar-refractivity contribution in [2.24, 2.45) is 0 Å². The van der Waals surface area contributed by atoms with Gasteiger partial charge in [-0.05, 0) is 29.3 Å².